The minimum atomic E-state index is -0.974. The molecule has 1 saturated carbocycles. The van der Waals surface area contributed by atoms with E-state index in [2.05, 4.69) is 0 Å². The van der Waals surface area contributed by atoms with Gasteiger partial charge in [0.2, 0.25) is 0 Å². The van der Waals surface area contributed by atoms with E-state index in [1.165, 1.54) is 0 Å². The van der Waals surface area contributed by atoms with E-state index in [9.17, 15) is 14.4 Å². The van der Waals surface area contributed by atoms with Gasteiger partial charge in [-0.25, -0.2) is 0 Å². The van der Waals surface area contributed by atoms with E-state index in [4.69, 9.17) is 14.6 Å². The van der Waals surface area contributed by atoms with E-state index in [1.54, 1.807) is 13.8 Å². The first-order valence-corrected chi connectivity index (χ1v) is 6.36. The van der Waals surface area contributed by atoms with Crippen molar-refractivity contribution >= 4 is 17.9 Å². The number of carboxylic acids is 1. The van der Waals surface area contributed by atoms with Crippen molar-refractivity contribution in [1.82, 2.24) is 0 Å². The predicted molar refractivity (Wildman–Crippen MR) is 65.2 cm³/mol. The Bertz CT molecular complexity index is 373. The number of rotatable bonds is 7. The minimum Gasteiger partial charge on any atom is -0.481 e. The molecule has 0 bridgehead atoms. The molecule has 6 heteroatoms. The quantitative estimate of drug-likeness (QED) is 0.553. The second-order valence-corrected chi connectivity index (χ2v) is 5.33. The Kier molecular flexibility index (Phi) is 4.91. The van der Waals surface area contributed by atoms with Crippen molar-refractivity contribution in [2.75, 3.05) is 13.2 Å². The molecular weight excluding hydrogens is 252 g/mol. The van der Waals surface area contributed by atoms with E-state index in [0.29, 0.717) is 12.8 Å². The minimum absolute atomic E-state index is 0.00153. The Morgan fingerprint density at radius 1 is 1.16 bits per heavy atom. The molecule has 19 heavy (non-hydrogen) atoms. The highest BCUT2D eigenvalue weighted by atomic mass is 16.6. The molecule has 0 heterocycles. The molecule has 0 aromatic carbocycles. The standard InChI is InChI=1S/C13H20O6/c1-4-13(2,3)12(17)19-6-5-18-11(16)9-7-8(9)10(14)15/h8-9H,4-7H2,1-3H3,(H,14,15). The zero-order chi connectivity index (χ0) is 14.6. The van der Waals surface area contributed by atoms with Gasteiger partial charge in [0.1, 0.15) is 13.2 Å². The summed E-state index contributed by atoms with van der Waals surface area (Å²) in [6.45, 7) is 5.41. The summed E-state index contributed by atoms with van der Waals surface area (Å²) in [5.41, 5.74) is -0.547. The second kappa shape index (κ2) is 6.04. The van der Waals surface area contributed by atoms with Crippen LogP contribution in [-0.2, 0) is 23.9 Å². The van der Waals surface area contributed by atoms with E-state index in [1.807, 2.05) is 6.92 Å². The number of carboxylic acid groups (broad SMARTS) is 1. The highest BCUT2D eigenvalue weighted by Crippen LogP contribution is 2.39. The molecule has 0 aromatic rings. The molecule has 2 atom stereocenters. The summed E-state index contributed by atoms with van der Waals surface area (Å²) in [6.07, 6.45) is 0.991. The number of carbonyl (C=O) groups excluding carboxylic acids is 2. The van der Waals surface area contributed by atoms with Crippen molar-refractivity contribution in [2.45, 2.75) is 33.6 Å². The molecule has 0 aromatic heterocycles. The van der Waals surface area contributed by atoms with Crippen LogP contribution < -0.4 is 0 Å². The fraction of sp³-hybridized carbons (Fsp3) is 0.769. The Morgan fingerprint density at radius 2 is 1.74 bits per heavy atom. The number of carbonyl (C=O) groups is 3. The zero-order valence-corrected chi connectivity index (χ0v) is 11.5. The topological polar surface area (TPSA) is 89.9 Å². The van der Waals surface area contributed by atoms with Crippen LogP contribution in [0.3, 0.4) is 0 Å². The molecule has 0 saturated heterocycles. The SMILES string of the molecule is CCC(C)(C)C(=O)OCCOC(=O)C1CC1C(=O)O. The summed E-state index contributed by atoms with van der Waals surface area (Å²) in [4.78, 5) is 33.5. The molecule has 0 aliphatic heterocycles. The molecule has 0 spiro atoms. The Morgan fingerprint density at radius 3 is 2.21 bits per heavy atom. The summed E-state index contributed by atoms with van der Waals surface area (Å²) >= 11 is 0. The van der Waals surface area contributed by atoms with Gasteiger partial charge < -0.3 is 14.6 Å². The van der Waals surface area contributed by atoms with Gasteiger partial charge in [0.05, 0.1) is 17.3 Å². The van der Waals surface area contributed by atoms with Gasteiger partial charge in [-0.2, -0.15) is 0 Å². The van der Waals surface area contributed by atoms with Gasteiger partial charge in [-0.15, -0.1) is 0 Å². The summed E-state index contributed by atoms with van der Waals surface area (Å²) in [7, 11) is 0. The molecule has 0 amide bonds. The maximum Gasteiger partial charge on any atom is 0.311 e. The van der Waals surface area contributed by atoms with Crippen molar-refractivity contribution in [3.05, 3.63) is 0 Å². The molecule has 108 valence electrons. The average Bonchev–Trinajstić information content (AvgIpc) is 3.14. The molecule has 1 N–H and O–H groups in total. The second-order valence-electron chi connectivity index (χ2n) is 5.33. The maximum atomic E-state index is 11.6. The first kappa shape index (κ1) is 15.5. The van der Waals surface area contributed by atoms with E-state index >= 15 is 0 Å². The number of hydrogen-bond donors (Lipinski definition) is 1. The van der Waals surface area contributed by atoms with Crippen molar-refractivity contribution in [2.24, 2.45) is 17.3 Å². The number of aliphatic carboxylic acids is 1. The molecule has 1 fully saturated rings. The lowest BCUT2D eigenvalue weighted by atomic mass is 9.91. The van der Waals surface area contributed by atoms with Crippen LogP contribution in [-0.4, -0.2) is 36.2 Å². The van der Waals surface area contributed by atoms with Crippen molar-refractivity contribution in [3.8, 4) is 0 Å². The first-order chi connectivity index (χ1) is 8.79. The predicted octanol–water partition coefficient (Wildman–Crippen LogP) is 1.23. The lowest BCUT2D eigenvalue weighted by Crippen LogP contribution is -2.27. The fourth-order valence-corrected chi connectivity index (χ4v) is 1.45. The van der Waals surface area contributed by atoms with Crippen molar-refractivity contribution < 1.29 is 29.0 Å². The van der Waals surface area contributed by atoms with Crippen molar-refractivity contribution in [3.63, 3.8) is 0 Å². The summed E-state index contributed by atoms with van der Waals surface area (Å²) < 4.78 is 9.85. The molecule has 0 radical (unpaired) electrons. The van der Waals surface area contributed by atoms with Crippen LogP contribution in [0.5, 0.6) is 0 Å². The van der Waals surface area contributed by atoms with Gasteiger partial charge in [-0.1, -0.05) is 6.92 Å². The molecular formula is C13H20O6. The molecule has 6 nitrogen and oxygen atoms in total. The van der Waals surface area contributed by atoms with E-state index < -0.39 is 29.2 Å². The third-order valence-electron chi connectivity index (χ3n) is 3.41. The number of hydrogen-bond acceptors (Lipinski definition) is 5. The summed E-state index contributed by atoms with van der Waals surface area (Å²) in [5.74, 6) is -2.99. The lowest BCUT2D eigenvalue weighted by Gasteiger charge is -2.20. The smallest absolute Gasteiger partial charge is 0.311 e. The van der Waals surface area contributed by atoms with Crippen molar-refractivity contribution in [1.29, 1.82) is 0 Å². The van der Waals surface area contributed by atoms with Crippen LogP contribution in [0.4, 0.5) is 0 Å². The van der Waals surface area contributed by atoms with Gasteiger partial charge >= 0.3 is 17.9 Å². The zero-order valence-electron chi connectivity index (χ0n) is 11.5. The molecule has 1 aliphatic carbocycles. The number of esters is 2. The molecule has 1 aliphatic rings. The summed E-state index contributed by atoms with van der Waals surface area (Å²) in [6, 6.07) is 0. The van der Waals surface area contributed by atoms with Crippen LogP contribution in [0.1, 0.15) is 33.6 Å². The highest BCUT2D eigenvalue weighted by Gasteiger charge is 2.49. The molecule has 2 unspecified atom stereocenters. The third-order valence-corrected chi connectivity index (χ3v) is 3.41. The van der Waals surface area contributed by atoms with Crippen LogP contribution in [0.15, 0.2) is 0 Å². The highest BCUT2D eigenvalue weighted by molar-refractivity contribution is 5.86. The largest absolute Gasteiger partial charge is 0.481 e. The Hall–Kier alpha value is -1.59. The van der Waals surface area contributed by atoms with E-state index in [0.717, 1.165) is 0 Å². The fourth-order valence-electron chi connectivity index (χ4n) is 1.45. The summed E-state index contributed by atoms with van der Waals surface area (Å²) in [5, 5.41) is 8.66. The van der Waals surface area contributed by atoms with Gasteiger partial charge in [0, 0.05) is 0 Å². The van der Waals surface area contributed by atoms with Crippen LogP contribution in [0, 0.1) is 17.3 Å². The first-order valence-electron chi connectivity index (χ1n) is 6.36. The van der Waals surface area contributed by atoms with Gasteiger partial charge in [-0.05, 0) is 26.7 Å². The monoisotopic (exact) mass is 272 g/mol. The normalized spacial score (nSPS) is 21.6. The van der Waals surface area contributed by atoms with Crippen LogP contribution in [0.25, 0.3) is 0 Å². The van der Waals surface area contributed by atoms with Crippen LogP contribution in [0.2, 0.25) is 0 Å². The Labute approximate surface area is 112 Å². The Balaban J connectivity index is 2.17. The van der Waals surface area contributed by atoms with Gasteiger partial charge in [-0.3, -0.25) is 14.4 Å². The van der Waals surface area contributed by atoms with Gasteiger partial charge in [0.15, 0.2) is 0 Å². The molecule has 1 rings (SSSR count). The lowest BCUT2D eigenvalue weighted by molar-refractivity contribution is -0.159. The maximum absolute atomic E-state index is 11.6. The third kappa shape index (κ3) is 4.22. The number of ether oxygens (including phenoxy) is 2. The van der Waals surface area contributed by atoms with E-state index in [-0.39, 0.29) is 19.2 Å². The van der Waals surface area contributed by atoms with Crippen LogP contribution >= 0.6 is 0 Å². The average molecular weight is 272 g/mol. The van der Waals surface area contributed by atoms with Gasteiger partial charge in [0.25, 0.3) is 0 Å².